The average Bonchev–Trinajstić information content (AvgIpc) is 3.46. The van der Waals surface area contributed by atoms with Gasteiger partial charge in [0, 0.05) is 22.6 Å². The van der Waals surface area contributed by atoms with Crippen molar-refractivity contribution in [2.75, 3.05) is 5.75 Å². The van der Waals surface area contributed by atoms with Crippen LogP contribution >= 0.6 is 11.3 Å². The van der Waals surface area contributed by atoms with Crippen LogP contribution in [0.25, 0.3) is 10.9 Å². The highest BCUT2D eigenvalue weighted by Gasteiger charge is 2.28. The second-order valence-corrected chi connectivity index (χ2v) is 11.1. The largest absolute Gasteiger partial charge is 0.481 e. The van der Waals surface area contributed by atoms with Crippen molar-refractivity contribution in [3.05, 3.63) is 87.8 Å². The summed E-state index contributed by atoms with van der Waals surface area (Å²) < 4.78 is 59.0. The Morgan fingerprint density at radius 3 is 2.61 bits per heavy atom. The monoisotopic (exact) mass is 481 g/mol. The molecule has 0 amide bonds. The van der Waals surface area contributed by atoms with E-state index in [1.165, 1.54) is 13.0 Å². The van der Waals surface area contributed by atoms with Crippen LogP contribution in [0.2, 0.25) is 0 Å². The van der Waals surface area contributed by atoms with Crippen molar-refractivity contribution in [1.29, 1.82) is 0 Å². The molecular weight excluding hydrogens is 454 g/mol. The zero-order chi connectivity index (χ0) is 27.1. The average molecular weight is 482 g/mol. The molecule has 168 valence electrons. The van der Waals surface area contributed by atoms with Crippen LogP contribution in [0.1, 0.15) is 32.6 Å². The fourth-order valence-electron chi connectivity index (χ4n) is 3.31. The number of aromatic amines is 1. The summed E-state index contributed by atoms with van der Waals surface area (Å²) in [4.78, 5) is 15.3. The third-order valence-corrected chi connectivity index (χ3v) is 8.46. The number of carboxylic acids is 1. The summed E-state index contributed by atoms with van der Waals surface area (Å²) in [7, 11) is -3.99. The molecule has 2 heterocycles. The maximum absolute atomic E-state index is 13.1. The van der Waals surface area contributed by atoms with Crippen molar-refractivity contribution < 1.29 is 23.8 Å². The van der Waals surface area contributed by atoms with Gasteiger partial charge in [0.15, 0.2) is 9.84 Å². The number of aromatic nitrogens is 1. The Morgan fingerprint density at radius 2 is 1.88 bits per heavy atom. The predicted molar refractivity (Wildman–Crippen MR) is 131 cm³/mol. The Morgan fingerprint density at radius 1 is 1.12 bits per heavy atom. The minimum absolute atomic E-state index is 0.00120. The van der Waals surface area contributed by atoms with Gasteiger partial charge in [-0.25, -0.2) is 8.42 Å². The Bertz CT molecular complexity index is 1690. The van der Waals surface area contributed by atoms with Gasteiger partial charge in [-0.3, -0.25) is 4.79 Å². The third kappa shape index (κ3) is 5.36. The number of aliphatic carboxylic acids is 1. The molecule has 0 bridgehead atoms. The molecule has 2 N–H and O–H groups in total. The molecule has 0 fully saturated rings. The highest BCUT2D eigenvalue weighted by molar-refractivity contribution is 7.93. The summed E-state index contributed by atoms with van der Waals surface area (Å²) in [5.41, 5.74) is 2.37. The van der Waals surface area contributed by atoms with E-state index in [9.17, 15) is 18.3 Å². The van der Waals surface area contributed by atoms with Gasteiger partial charge in [0.05, 0.1) is 22.0 Å². The number of carbonyl (C=O) groups is 1. The molecule has 4 rings (SSSR count). The van der Waals surface area contributed by atoms with Crippen molar-refractivity contribution in [3.63, 3.8) is 0 Å². The van der Waals surface area contributed by atoms with E-state index in [0.29, 0.717) is 4.88 Å². The fourth-order valence-corrected chi connectivity index (χ4v) is 6.11. The van der Waals surface area contributed by atoms with E-state index in [4.69, 9.17) is 5.48 Å². The van der Waals surface area contributed by atoms with Crippen LogP contribution in [0.5, 0.6) is 0 Å². The highest BCUT2D eigenvalue weighted by Crippen LogP contribution is 2.27. The van der Waals surface area contributed by atoms with Crippen molar-refractivity contribution >= 4 is 38.0 Å². The lowest BCUT2D eigenvalue weighted by Crippen LogP contribution is -2.25. The molecule has 0 aliphatic heterocycles. The van der Waals surface area contributed by atoms with Crippen molar-refractivity contribution in [2.45, 2.75) is 24.5 Å². The van der Waals surface area contributed by atoms with E-state index < -0.39 is 27.5 Å². The van der Waals surface area contributed by atoms with Gasteiger partial charge in [-0.05, 0) is 62.2 Å². The number of aryl methyl sites for hydroxylation is 1. The summed E-state index contributed by atoms with van der Waals surface area (Å²) in [5.74, 6) is 2.49. The fraction of sp³-hybridized carbons (Fsp3) is 0.192. The van der Waals surface area contributed by atoms with Crippen LogP contribution in [-0.4, -0.2) is 30.2 Å². The Hall–Kier alpha value is -3.34. The first-order valence-corrected chi connectivity index (χ1v) is 12.6. The quantitative estimate of drug-likeness (QED) is 0.381. The third-order valence-electron chi connectivity index (χ3n) is 5.07. The molecule has 2 aromatic carbocycles. The van der Waals surface area contributed by atoms with Crippen LogP contribution in [0.3, 0.4) is 0 Å². The topological polar surface area (TPSA) is 87.2 Å². The minimum atomic E-state index is -3.99. The normalized spacial score (nSPS) is 14.0. The molecule has 1 atom stereocenters. The van der Waals surface area contributed by atoms with Crippen molar-refractivity contribution in [3.8, 4) is 11.8 Å². The summed E-state index contributed by atoms with van der Waals surface area (Å²) in [6, 6.07) is 10.2. The standard InChI is InChI=1S/C26H23NO4S2/c1-17-3-6-19(7-4-17)8-9-22-10-12-25(32-22)33(30,31)16-21(26(28)29)14-20-15-27-24-11-5-18(2)13-23(20)24/h3-7,10-13,15,21,27H,14,16H2,1-2H3,(H,28,29)/t21-/m1/s1/i5D,11D,13D,15D. The number of sulfone groups is 1. The Kier molecular flexibility index (Phi) is 5.09. The van der Waals surface area contributed by atoms with Gasteiger partial charge in [-0.1, -0.05) is 41.1 Å². The van der Waals surface area contributed by atoms with Gasteiger partial charge in [-0.2, -0.15) is 0 Å². The number of hydrogen-bond acceptors (Lipinski definition) is 4. The van der Waals surface area contributed by atoms with Gasteiger partial charge >= 0.3 is 5.97 Å². The molecule has 33 heavy (non-hydrogen) atoms. The first-order valence-electron chi connectivity index (χ1n) is 12.1. The van der Waals surface area contributed by atoms with Gasteiger partial charge < -0.3 is 10.1 Å². The van der Waals surface area contributed by atoms with Crippen LogP contribution in [0.15, 0.2) is 64.9 Å². The molecule has 0 radical (unpaired) electrons. The zero-order valence-corrected chi connectivity index (χ0v) is 19.6. The lowest BCUT2D eigenvalue weighted by Gasteiger charge is -2.12. The molecule has 2 aromatic heterocycles. The zero-order valence-electron chi connectivity index (χ0n) is 21.9. The van der Waals surface area contributed by atoms with Crippen LogP contribution < -0.4 is 0 Å². The molecular formula is C26H23NO4S2. The molecule has 0 saturated heterocycles. The van der Waals surface area contributed by atoms with Crippen molar-refractivity contribution in [2.24, 2.45) is 5.92 Å². The molecule has 7 heteroatoms. The van der Waals surface area contributed by atoms with E-state index in [0.717, 1.165) is 22.5 Å². The van der Waals surface area contributed by atoms with Crippen LogP contribution in [0.4, 0.5) is 0 Å². The highest BCUT2D eigenvalue weighted by atomic mass is 32.2. The van der Waals surface area contributed by atoms with E-state index in [2.05, 4.69) is 16.8 Å². The predicted octanol–water partition coefficient (Wildman–Crippen LogP) is 4.96. The first-order chi connectivity index (χ1) is 17.4. The number of hydrogen-bond donors (Lipinski definition) is 2. The Balaban J connectivity index is 1.62. The molecule has 4 aromatic rings. The molecule has 0 spiro atoms. The lowest BCUT2D eigenvalue weighted by molar-refractivity contribution is -0.140. The van der Waals surface area contributed by atoms with Crippen molar-refractivity contribution in [1.82, 2.24) is 4.98 Å². The van der Waals surface area contributed by atoms with Gasteiger partial charge in [-0.15, -0.1) is 11.3 Å². The van der Waals surface area contributed by atoms with Gasteiger partial charge in [0.2, 0.25) is 0 Å². The number of rotatable bonds is 6. The molecule has 0 aliphatic carbocycles. The molecule has 0 aliphatic rings. The van der Waals surface area contributed by atoms with E-state index >= 15 is 0 Å². The number of carboxylic acid groups (broad SMARTS) is 1. The second kappa shape index (κ2) is 9.26. The van der Waals surface area contributed by atoms with E-state index in [-0.39, 0.29) is 57.0 Å². The molecule has 5 nitrogen and oxygen atoms in total. The number of H-pyrrole nitrogens is 1. The van der Waals surface area contributed by atoms with E-state index in [1.807, 2.05) is 31.2 Å². The maximum atomic E-state index is 13.1. The summed E-state index contributed by atoms with van der Waals surface area (Å²) in [6.07, 6.45) is -0.517. The number of fused-ring (bicyclic) bond motifs is 1. The van der Waals surface area contributed by atoms with Gasteiger partial charge in [0.25, 0.3) is 0 Å². The minimum Gasteiger partial charge on any atom is -0.481 e. The van der Waals surface area contributed by atoms with E-state index in [1.54, 1.807) is 6.07 Å². The number of benzene rings is 2. The van der Waals surface area contributed by atoms with Gasteiger partial charge in [0.1, 0.15) is 4.21 Å². The SMILES string of the molecule is [2H]c1[nH]c2c([2H])c([2H])c(C)c([2H])c2c1C[C@H](CS(=O)(=O)c1ccc(C#Cc2ccc(C)cc2)s1)C(=O)O. The lowest BCUT2D eigenvalue weighted by atomic mass is 10.00. The maximum Gasteiger partial charge on any atom is 0.307 e. The summed E-state index contributed by atoms with van der Waals surface area (Å²) in [5, 5.41) is 10.0. The Labute approximate surface area is 202 Å². The molecule has 0 unspecified atom stereocenters. The summed E-state index contributed by atoms with van der Waals surface area (Å²) in [6.45, 7) is 3.48. The van der Waals surface area contributed by atoms with Crippen LogP contribution in [-0.2, 0) is 21.1 Å². The summed E-state index contributed by atoms with van der Waals surface area (Å²) >= 11 is 0.964. The first kappa shape index (κ1) is 18.1. The number of thiophene rings is 1. The molecule has 0 saturated carbocycles. The van der Waals surface area contributed by atoms with Crippen LogP contribution in [0, 0.1) is 31.6 Å². The second-order valence-electron chi connectivity index (χ2n) is 7.73. The number of nitrogens with one attached hydrogen (secondary N) is 1. The smallest absolute Gasteiger partial charge is 0.307 e.